The Morgan fingerprint density at radius 1 is 1.18 bits per heavy atom. The van der Waals surface area contributed by atoms with Crippen LogP contribution in [0.15, 0.2) is 18.3 Å². The van der Waals surface area contributed by atoms with Crippen molar-refractivity contribution in [3.8, 4) is 0 Å². The third-order valence-corrected chi connectivity index (χ3v) is 7.10. The van der Waals surface area contributed by atoms with E-state index in [0.717, 1.165) is 0 Å². The number of anilines is 3. The van der Waals surface area contributed by atoms with Crippen molar-refractivity contribution in [2.24, 2.45) is 11.7 Å². The lowest BCUT2D eigenvalue weighted by Gasteiger charge is -2.32. The second-order valence-electron chi connectivity index (χ2n) is 8.95. The van der Waals surface area contributed by atoms with E-state index in [4.69, 9.17) is 28.9 Å². The Kier molecular flexibility index (Phi) is 6.22. The molecule has 2 saturated carbocycles. The predicted molar refractivity (Wildman–Crippen MR) is 128 cm³/mol. The highest BCUT2D eigenvalue weighted by Crippen LogP contribution is 2.38. The molecule has 0 radical (unpaired) electrons. The van der Waals surface area contributed by atoms with Gasteiger partial charge in [-0.2, -0.15) is 4.98 Å². The summed E-state index contributed by atoms with van der Waals surface area (Å²) in [5, 5.41) is 16.1. The number of carbonyl (C=O) groups is 1. The first-order valence-corrected chi connectivity index (χ1v) is 11.9. The molecule has 1 aromatic carbocycles. The average Bonchev–Trinajstić information content (AvgIpc) is 3.12. The van der Waals surface area contributed by atoms with Crippen molar-refractivity contribution in [3.63, 3.8) is 0 Å². The van der Waals surface area contributed by atoms with E-state index in [9.17, 15) is 14.3 Å². The minimum atomic E-state index is -0.606. The number of benzene rings is 1. The van der Waals surface area contributed by atoms with Crippen LogP contribution in [0.5, 0.6) is 0 Å². The zero-order valence-electron chi connectivity index (χ0n) is 18.1. The molecular weight excluding hydrogens is 484 g/mol. The van der Waals surface area contributed by atoms with Gasteiger partial charge in [0.15, 0.2) is 5.65 Å². The number of amides is 1. The number of nitrogens with zero attached hydrogens (tertiary/aromatic N) is 4. The standard InChI is InChI=1S/C22H24Cl2FN7O2/c23-11-5-15(24)18(16(25)6-11)30-22-29-17-9-27-21(28-12-7-14(33)8-12)31-20(17)32(22)13-3-1-10(2-4-13)19(26)34/h5-6,9-10,12-14,33H,1-4,7-8H2,(H2,26,34)(H,29,30)(H,27,28,31)/t10-,12-,13+,14+. The number of halogens is 3. The van der Waals surface area contributed by atoms with Gasteiger partial charge >= 0.3 is 0 Å². The topological polar surface area (TPSA) is 131 Å². The fourth-order valence-electron chi connectivity index (χ4n) is 4.67. The van der Waals surface area contributed by atoms with Crippen LogP contribution in [-0.4, -0.2) is 42.7 Å². The first-order chi connectivity index (χ1) is 16.3. The van der Waals surface area contributed by atoms with Gasteiger partial charge < -0.3 is 21.5 Å². The molecule has 5 N–H and O–H groups in total. The SMILES string of the molecule is NC(=O)[C@H]1CC[C@@H](n2c(Nc3c(F)cc(Cl)cc3Cl)nc3cnc(N[C@H]4C[C@@H](O)C4)nc32)CC1. The monoisotopic (exact) mass is 507 g/mol. The normalized spacial score (nSPS) is 24.6. The van der Waals surface area contributed by atoms with E-state index in [-0.39, 0.29) is 45.7 Å². The van der Waals surface area contributed by atoms with Crippen molar-refractivity contribution in [3.05, 3.63) is 34.2 Å². The van der Waals surface area contributed by atoms with Crippen LogP contribution in [-0.2, 0) is 4.79 Å². The fourth-order valence-corrected chi connectivity index (χ4v) is 5.19. The highest BCUT2D eigenvalue weighted by atomic mass is 35.5. The number of primary amides is 1. The molecule has 0 saturated heterocycles. The number of aromatic nitrogens is 4. The number of fused-ring (bicyclic) bond motifs is 1. The molecule has 0 atom stereocenters. The van der Waals surface area contributed by atoms with Gasteiger partial charge in [-0.25, -0.2) is 14.4 Å². The highest BCUT2D eigenvalue weighted by molar-refractivity contribution is 6.36. The lowest BCUT2D eigenvalue weighted by atomic mass is 9.85. The minimum absolute atomic E-state index is 0.0366. The Bertz CT molecular complexity index is 1220. The van der Waals surface area contributed by atoms with Gasteiger partial charge in [0.25, 0.3) is 0 Å². The molecule has 180 valence electrons. The molecule has 2 aliphatic carbocycles. The summed E-state index contributed by atoms with van der Waals surface area (Å²) >= 11 is 12.2. The van der Waals surface area contributed by atoms with Crippen LogP contribution in [0.2, 0.25) is 10.0 Å². The maximum atomic E-state index is 14.7. The maximum Gasteiger partial charge on any atom is 0.224 e. The number of nitrogens with one attached hydrogen (secondary N) is 2. The second-order valence-corrected chi connectivity index (χ2v) is 9.80. The summed E-state index contributed by atoms with van der Waals surface area (Å²) in [5.74, 6) is -0.267. The number of carbonyl (C=O) groups excluding carboxylic acids is 1. The Labute approximate surface area is 204 Å². The lowest BCUT2D eigenvalue weighted by molar-refractivity contribution is -0.122. The predicted octanol–water partition coefficient (Wildman–Crippen LogP) is 4.17. The molecule has 0 bridgehead atoms. The van der Waals surface area contributed by atoms with Crippen molar-refractivity contribution in [2.75, 3.05) is 10.6 Å². The summed E-state index contributed by atoms with van der Waals surface area (Å²) in [6.45, 7) is 0. The van der Waals surface area contributed by atoms with Gasteiger partial charge in [0, 0.05) is 23.0 Å². The van der Waals surface area contributed by atoms with Gasteiger partial charge in [0.2, 0.25) is 17.8 Å². The molecule has 0 unspecified atom stereocenters. The van der Waals surface area contributed by atoms with Gasteiger partial charge in [-0.1, -0.05) is 23.2 Å². The Morgan fingerprint density at radius 3 is 2.56 bits per heavy atom. The van der Waals surface area contributed by atoms with E-state index >= 15 is 0 Å². The quantitative estimate of drug-likeness (QED) is 0.393. The number of aliphatic hydroxyl groups excluding tert-OH is 1. The number of imidazole rings is 1. The van der Waals surface area contributed by atoms with Crippen LogP contribution >= 0.6 is 23.2 Å². The first kappa shape index (κ1) is 23.1. The van der Waals surface area contributed by atoms with Gasteiger partial charge in [-0.3, -0.25) is 9.36 Å². The fraction of sp³-hybridized carbons (Fsp3) is 0.455. The first-order valence-electron chi connectivity index (χ1n) is 11.2. The van der Waals surface area contributed by atoms with Crippen molar-refractivity contribution in [1.82, 2.24) is 19.5 Å². The zero-order chi connectivity index (χ0) is 24.0. The van der Waals surface area contributed by atoms with Crippen LogP contribution in [0, 0.1) is 11.7 Å². The number of nitrogens with two attached hydrogens (primary N) is 1. The molecule has 9 nitrogen and oxygen atoms in total. The van der Waals surface area contributed by atoms with Crippen LogP contribution < -0.4 is 16.4 Å². The lowest BCUT2D eigenvalue weighted by Crippen LogP contribution is -2.39. The summed E-state index contributed by atoms with van der Waals surface area (Å²) in [6, 6.07) is 2.70. The molecular formula is C22H24Cl2FN7O2. The Hall–Kier alpha value is -2.69. The summed E-state index contributed by atoms with van der Waals surface area (Å²) in [5.41, 5.74) is 6.68. The number of rotatable bonds is 6. The third-order valence-electron chi connectivity index (χ3n) is 6.59. The number of hydrogen-bond donors (Lipinski definition) is 4. The highest BCUT2D eigenvalue weighted by Gasteiger charge is 2.31. The van der Waals surface area contributed by atoms with Crippen molar-refractivity contribution in [2.45, 2.75) is 56.7 Å². The molecule has 34 heavy (non-hydrogen) atoms. The Balaban J connectivity index is 1.52. The van der Waals surface area contributed by atoms with Gasteiger partial charge in [0.1, 0.15) is 11.3 Å². The van der Waals surface area contributed by atoms with E-state index in [1.165, 1.54) is 12.1 Å². The van der Waals surface area contributed by atoms with Crippen LogP contribution in [0.1, 0.15) is 44.6 Å². The molecule has 5 rings (SSSR count). The third kappa shape index (κ3) is 4.49. The maximum absolute atomic E-state index is 14.7. The van der Waals surface area contributed by atoms with E-state index in [2.05, 4.69) is 25.6 Å². The Morgan fingerprint density at radius 2 is 1.91 bits per heavy atom. The van der Waals surface area contributed by atoms with Gasteiger partial charge in [0.05, 0.1) is 23.0 Å². The van der Waals surface area contributed by atoms with E-state index in [0.29, 0.717) is 61.6 Å². The summed E-state index contributed by atoms with van der Waals surface area (Å²) < 4.78 is 16.6. The molecule has 2 heterocycles. The average molecular weight is 508 g/mol. The number of aliphatic hydroxyl groups is 1. The van der Waals surface area contributed by atoms with Gasteiger partial charge in [-0.05, 0) is 50.7 Å². The van der Waals surface area contributed by atoms with Crippen LogP contribution in [0.25, 0.3) is 11.2 Å². The summed E-state index contributed by atoms with van der Waals surface area (Å²) in [7, 11) is 0. The summed E-state index contributed by atoms with van der Waals surface area (Å²) in [6.07, 6.45) is 5.24. The van der Waals surface area contributed by atoms with E-state index in [1.807, 2.05) is 4.57 Å². The van der Waals surface area contributed by atoms with E-state index in [1.54, 1.807) is 6.20 Å². The van der Waals surface area contributed by atoms with Gasteiger partial charge in [-0.15, -0.1) is 0 Å². The van der Waals surface area contributed by atoms with Crippen molar-refractivity contribution in [1.29, 1.82) is 0 Å². The smallest absolute Gasteiger partial charge is 0.224 e. The zero-order valence-corrected chi connectivity index (χ0v) is 19.7. The van der Waals surface area contributed by atoms with Crippen molar-refractivity contribution >= 4 is 57.9 Å². The molecule has 2 fully saturated rings. The molecule has 12 heteroatoms. The van der Waals surface area contributed by atoms with Crippen LogP contribution in [0.3, 0.4) is 0 Å². The van der Waals surface area contributed by atoms with Crippen molar-refractivity contribution < 1.29 is 14.3 Å². The molecule has 2 aromatic heterocycles. The molecule has 3 aromatic rings. The van der Waals surface area contributed by atoms with Crippen LogP contribution in [0.4, 0.5) is 22.0 Å². The molecule has 0 aliphatic heterocycles. The number of hydrogen-bond acceptors (Lipinski definition) is 7. The summed E-state index contributed by atoms with van der Waals surface area (Å²) in [4.78, 5) is 25.3. The molecule has 2 aliphatic rings. The largest absolute Gasteiger partial charge is 0.393 e. The molecule has 0 spiro atoms. The minimum Gasteiger partial charge on any atom is -0.393 e. The van der Waals surface area contributed by atoms with E-state index < -0.39 is 5.82 Å². The second kappa shape index (κ2) is 9.16. The molecule has 1 amide bonds.